The molecule has 1 aromatic carbocycles. The number of aryl methyl sites for hydroxylation is 2. The molecule has 0 aliphatic heterocycles. The average Bonchev–Trinajstić information content (AvgIpc) is 2.47. The smallest absolute Gasteiger partial charge is 0.426 e. The molecule has 1 rings (SSSR count). The van der Waals surface area contributed by atoms with Crippen LogP contribution in [-0.4, -0.2) is 49.5 Å². The van der Waals surface area contributed by atoms with Crippen molar-refractivity contribution >= 4 is 22.1 Å². The summed E-state index contributed by atoms with van der Waals surface area (Å²) in [6.07, 6.45) is -8.91. The van der Waals surface area contributed by atoms with Gasteiger partial charge in [-0.15, -0.1) is 0 Å². The van der Waals surface area contributed by atoms with Gasteiger partial charge in [-0.2, -0.15) is 21.6 Å². The zero-order valence-electron chi connectivity index (χ0n) is 14.8. The van der Waals surface area contributed by atoms with Crippen LogP contribution in [0.3, 0.4) is 0 Å². The molecule has 0 aliphatic rings. The van der Waals surface area contributed by atoms with Gasteiger partial charge >= 0.3 is 18.1 Å². The summed E-state index contributed by atoms with van der Waals surface area (Å²) in [6, 6.07) is 3.44. The molecule has 0 saturated carbocycles. The van der Waals surface area contributed by atoms with Crippen molar-refractivity contribution in [3.8, 4) is 0 Å². The second-order valence-electron chi connectivity index (χ2n) is 5.91. The molecule has 0 aliphatic carbocycles. The number of rotatable bonds is 7. The van der Waals surface area contributed by atoms with E-state index in [9.17, 15) is 31.2 Å². The van der Waals surface area contributed by atoms with E-state index in [1.807, 2.05) is 6.07 Å². The van der Waals surface area contributed by atoms with E-state index in [-0.39, 0.29) is 5.56 Å². The molecule has 0 bridgehead atoms. The van der Waals surface area contributed by atoms with Crippen LogP contribution in [0.2, 0.25) is 0 Å². The number of hydrogen-bond acceptors (Lipinski definition) is 6. The quantitative estimate of drug-likeness (QED) is 0.542. The molecule has 0 amide bonds. The summed E-state index contributed by atoms with van der Waals surface area (Å²) in [4.78, 5) is 23.5. The minimum atomic E-state index is -5.18. The molecule has 0 radical (unpaired) electrons. The Morgan fingerprint density at radius 3 is 2.30 bits per heavy atom. The van der Waals surface area contributed by atoms with Crippen LogP contribution in [0.25, 0.3) is 0 Å². The first-order valence-corrected chi connectivity index (χ1v) is 9.28. The van der Waals surface area contributed by atoms with E-state index >= 15 is 0 Å². The maximum absolute atomic E-state index is 12.7. The lowest BCUT2D eigenvalue weighted by Crippen LogP contribution is -2.39. The van der Waals surface area contributed by atoms with Crippen LogP contribution in [0.5, 0.6) is 0 Å². The Kier molecular flexibility index (Phi) is 7.38. The van der Waals surface area contributed by atoms with Gasteiger partial charge in [0, 0.05) is 0 Å². The van der Waals surface area contributed by atoms with E-state index in [1.54, 1.807) is 26.8 Å². The van der Waals surface area contributed by atoms with Gasteiger partial charge in [-0.25, -0.2) is 4.79 Å². The number of ether oxygens (including phenoxy) is 2. The van der Waals surface area contributed by atoms with Gasteiger partial charge < -0.3 is 9.47 Å². The van der Waals surface area contributed by atoms with Crippen molar-refractivity contribution in [2.45, 2.75) is 39.5 Å². The van der Waals surface area contributed by atoms with Gasteiger partial charge in [0.1, 0.15) is 12.4 Å². The fraction of sp³-hybridized carbons (Fsp3) is 0.500. The highest BCUT2D eigenvalue weighted by atomic mass is 32.2. The lowest BCUT2D eigenvalue weighted by Gasteiger charge is -2.19. The molecule has 0 spiro atoms. The summed E-state index contributed by atoms with van der Waals surface area (Å²) < 4.78 is 76.7. The van der Waals surface area contributed by atoms with E-state index in [4.69, 9.17) is 9.29 Å². The third kappa shape index (κ3) is 7.55. The largest absolute Gasteiger partial charge is 0.461 e. The second kappa shape index (κ2) is 8.70. The van der Waals surface area contributed by atoms with Crippen molar-refractivity contribution in [1.82, 2.24) is 0 Å². The van der Waals surface area contributed by atoms with Crippen molar-refractivity contribution in [2.24, 2.45) is 0 Å². The molecule has 1 aromatic rings. The van der Waals surface area contributed by atoms with Gasteiger partial charge in [-0.05, 0) is 43.5 Å². The van der Waals surface area contributed by atoms with Crippen LogP contribution in [0.15, 0.2) is 12.1 Å². The number of esters is 2. The van der Waals surface area contributed by atoms with Crippen LogP contribution in [-0.2, 0) is 24.4 Å². The number of carbonyl (C=O) groups is 2. The Bertz CT molecular complexity index is 816. The first-order chi connectivity index (χ1) is 12.2. The third-order valence-corrected chi connectivity index (χ3v) is 4.30. The van der Waals surface area contributed by atoms with Crippen molar-refractivity contribution in [2.75, 3.05) is 12.4 Å². The van der Waals surface area contributed by atoms with E-state index in [0.717, 1.165) is 11.1 Å². The molecule has 27 heavy (non-hydrogen) atoms. The summed E-state index contributed by atoms with van der Waals surface area (Å²) in [5.74, 6) is -3.99. The SMILES string of the molecule is Cc1cc(C)c(C)c(C(=O)OCCC(=O)OC(CS(=O)(=O)O)C(F)(F)F)c1. The molecule has 1 unspecified atom stereocenters. The van der Waals surface area contributed by atoms with Crippen LogP contribution in [0.4, 0.5) is 13.2 Å². The van der Waals surface area contributed by atoms with Crippen molar-refractivity contribution in [1.29, 1.82) is 0 Å². The fourth-order valence-corrected chi connectivity index (χ4v) is 2.80. The van der Waals surface area contributed by atoms with Crippen LogP contribution in [0, 0.1) is 20.8 Å². The van der Waals surface area contributed by atoms with Crippen LogP contribution >= 0.6 is 0 Å². The summed E-state index contributed by atoms with van der Waals surface area (Å²) in [6.45, 7) is 4.71. The van der Waals surface area contributed by atoms with E-state index in [1.165, 1.54) is 0 Å². The maximum atomic E-state index is 12.7. The highest BCUT2D eigenvalue weighted by molar-refractivity contribution is 7.85. The second-order valence-corrected chi connectivity index (χ2v) is 7.41. The summed E-state index contributed by atoms with van der Waals surface area (Å²) >= 11 is 0. The van der Waals surface area contributed by atoms with E-state index < -0.39 is 53.1 Å². The van der Waals surface area contributed by atoms with Gasteiger partial charge in [0.2, 0.25) is 6.10 Å². The van der Waals surface area contributed by atoms with Crippen LogP contribution in [0.1, 0.15) is 33.5 Å². The van der Waals surface area contributed by atoms with Gasteiger partial charge in [0.25, 0.3) is 10.1 Å². The predicted octanol–water partition coefficient (Wildman–Crippen LogP) is 2.52. The number of hydrogen-bond donors (Lipinski definition) is 1. The minimum Gasteiger partial charge on any atom is -0.461 e. The van der Waals surface area contributed by atoms with Crippen molar-refractivity contribution < 1.29 is 45.2 Å². The topological polar surface area (TPSA) is 107 Å². The van der Waals surface area contributed by atoms with Gasteiger partial charge in [0.15, 0.2) is 0 Å². The van der Waals surface area contributed by atoms with Gasteiger partial charge in [-0.3, -0.25) is 9.35 Å². The van der Waals surface area contributed by atoms with Crippen molar-refractivity contribution in [3.63, 3.8) is 0 Å². The third-order valence-electron chi connectivity index (χ3n) is 3.57. The lowest BCUT2D eigenvalue weighted by atomic mass is 10.0. The summed E-state index contributed by atoms with van der Waals surface area (Å²) in [5, 5.41) is 0. The van der Waals surface area contributed by atoms with Crippen LogP contribution < -0.4 is 0 Å². The molecule has 1 N–H and O–H groups in total. The zero-order chi connectivity index (χ0) is 21.0. The van der Waals surface area contributed by atoms with Crippen molar-refractivity contribution in [3.05, 3.63) is 34.4 Å². The molecular formula is C16H19F3O7S. The number of benzene rings is 1. The van der Waals surface area contributed by atoms with E-state index in [0.29, 0.717) is 5.56 Å². The van der Waals surface area contributed by atoms with Gasteiger partial charge in [-0.1, -0.05) is 6.07 Å². The zero-order valence-corrected chi connectivity index (χ0v) is 15.6. The Morgan fingerprint density at radius 1 is 1.19 bits per heavy atom. The van der Waals surface area contributed by atoms with Gasteiger partial charge in [0.05, 0.1) is 12.0 Å². The molecule has 0 fully saturated rings. The highest BCUT2D eigenvalue weighted by Crippen LogP contribution is 2.24. The number of alkyl halides is 3. The molecule has 0 heterocycles. The Balaban J connectivity index is 2.65. The number of halogens is 3. The lowest BCUT2D eigenvalue weighted by molar-refractivity contribution is -0.215. The molecule has 1 atom stereocenters. The first kappa shape index (κ1) is 22.9. The minimum absolute atomic E-state index is 0.264. The Labute approximate surface area is 154 Å². The first-order valence-electron chi connectivity index (χ1n) is 7.67. The summed E-state index contributed by atoms with van der Waals surface area (Å²) in [5.41, 5.74) is 2.58. The Hall–Kier alpha value is -2.14. The number of carbonyl (C=O) groups excluding carboxylic acids is 2. The normalized spacial score (nSPS) is 13.1. The molecule has 0 saturated heterocycles. The summed E-state index contributed by atoms with van der Waals surface area (Å²) in [7, 11) is -5.02. The molecule has 11 heteroatoms. The average molecular weight is 412 g/mol. The predicted molar refractivity (Wildman–Crippen MR) is 87.9 cm³/mol. The molecule has 152 valence electrons. The maximum Gasteiger partial charge on any atom is 0.426 e. The highest BCUT2D eigenvalue weighted by Gasteiger charge is 2.45. The molecule has 7 nitrogen and oxygen atoms in total. The molecular weight excluding hydrogens is 393 g/mol. The monoisotopic (exact) mass is 412 g/mol. The van der Waals surface area contributed by atoms with E-state index in [2.05, 4.69) is 4.74 Å². The molecule has 0 aromatic heterocycles. The fourth-order valence-electron chi connectivity index (χ4n) is 2.16. The Morgan fingerprint density at radius 2 is 1.78 bits per heavy atom. The standard InChI is InChI=1S/C16H19F3O7S/c1-9-6-10(2)11(3)12(7-9)15(21)25-5-4-14(20)26-13(16(17,18)19)8-27(22,23)24/h6-7,13H,4-5,8H2,1-3H3,(H,22,23,24).